The molecule has 0 heterocycles. The van der Waals surface area contributed by atoms with Crippen LogP contribution in [0.5, 0.6) is 5.75 Å². The Morgan fingerprint density at radius 1 is 1.05 bits per heavy atom. The first-order chi connectivity index (χ1) is 17.4. The summed E-state index contributed by atoms with van der Waals surface area (Å²) in [4.78, 5) is 45.1. The molecule has 0 radical (unpaired) electrons. The number of likely N-dealkylation sites (N-methyl/N-ethyl adjacent to an activating group) is 1. The van der Waals surface area contributed by atoms with Crippen LogP contribution in [0.25, 0.3) is 0 Å². The average molecular weight is 511 g/mol. The molecule has 0 aliphatic rings. The van der Waals surface area contributed by atoms with Gasteiger partial charge in [-0.1, -0.05) is 27.7 Å². The number of amides is 2. The van der Waals surface area contributed by atoms with Gasteiger partial charge in [-0.3, -0.25) is 14.4 Å². The average Bonchev–Trinajstić information content (AvgIpc) is 2.85. The summed E-state index contributed by atoms with van der Waals surface area (Å²) in [6.45, 7) is 12.0. The van der Waals surface area contributed by atoms with Crippen molar-refractivity contribution in [3.63, 3.8) is 0 Å². The van der Waals surface area contributed by atoms with Gasteiger partial charge in [0.1, 0.15) is 5.75 Å². The third-order valence-electron chi connectivity index (χ3n) is 5.69. The summed E-state index contributed by atoms with van der Waals surface area (Å²) in [5.74, 6) is -0.906. The predicted octanol–water partition coefficient (Wildman–Crippen LogP) is 4.50. The van der Waals surface area contributed by atoms with Crippen molar-refractivity contribution in [1.82, 2.24) is 0 Å². The predicted molar refractivity (Wildman–Crippen MR) is 148 cm³/mol. The summed E-state index contributed by atoms with van der Waals surface area (Å²) in [7, 11) is 1.46. The van der Waals surface area contributed by atoms with Crippen LogP contribution < -0.4 is 20.3 Å². The van der Waals surface area contributed by atoms with Gasteiger partial charge < -0.3 is 25.4 Å². The summed E-state index contributed by atoms with van der Waals surface area (Å²) in [5, 5.41) is 14.8. The molecule has 0 spiro atoms. The van der Waals surface area contributed by atoms with E-state index in [-0.39, 0.29) is 18.2 Å². The minimum atomic E-state index is -0.856. The van der Waals surface area contributed by atoms with Gasteiger partial charge in [0.15, 0.2) is 11.5 Å². The van der Waals surface area contributed by atoms with Crippen LogP contribution in [0.4, 0.5) is 22.7 Å². The monoisotopic (exact) mass is 510 g/mol. The second kappa shape index (κ2) is 13.0. The summed E-state index contributed by atoms with van der Waals surface area (Å²) >= 11 is 0. The number of anilines is 3. The number of benzene rings is 2. The highest BCUT2D eigenvalue weighted by molar-refractivity contribution is 6.68. The van der Waals surface area contributed by atoms with Gasteiger partial charge in [-0.05, 0) is 55.8 Å². The Morgan fingerprint density at radius 3 is 2.30 bits per heavy atom. The van der Waals surface area contributed by atoms with E-state index in [9.17, 15) is 19.5 Å². The van der Waals surface area contributed by atoms with E-state index in [1.807, 2.05) is 30.9 Å². The minimum absolute atomic E-state index is 0.0317. The lowest BCUT2D eigenvalue weighted by molar-refractivity contribution is -0.121. The maximum absolute atomic E-state index is 13.4. The van der Waals surface area contributed by atoms with E-state index in [0.29, 0.717) is 35.8 Å². The highest BCUT2D eigenvalue weighted by Gasteiger charge is 2.31. The molecule has 0 aromatic heterocycles. The van der Waals surface area contributed by atoms with Gasteiger partial charge in [-0.15, -0.1) is 0 Å². The number of ketones is 1. The van der Waals surface area contributed by atoms with Crippen molar-refractivity contribution in [2.75, 3.05) is 42.3 Å². The van der Waals surface area contributed by atoms with Crippen LogP contribution in [0.1, 0.15) is 46.6 Å². The Balaban J connectivity index is 2.50. The van der Waals surface area contributed by atoms with E-state index in [0.717, 1.165) is 17.8 Å². The smallest absolute Gasteiger partial charge is 0.278 e. The first-order valence-electron chi connectivity index (χ1n) is 12.3. The van der Waals surface area contributed by atoms with Crippen molar-refractivity contribution in [2.24, 2.45) is 10.4 Å². The molecular formula is C28H38N4O5. The second-order valence-corrected chi connectivity index (χ2v) is 9.58. The van der Waals surface area contributed by atoms with Gasteiger partial charge in [0.25, 0.3) is 5.91 Å². The molecule has 9 nitrogen and oxygen atoms in total. The molecule has 0 saturated heterocycles. The summed E-state index contributed by atoms with van der Waals surface area (Å²) in [5.41, 5.74) is 1.87. The largest absolute Gasteiger partial charge is 0.495 e. The van der Waals surface area contributed by atoms with Crippen molar-refractivity contribution in [3.8, 4) is 5.75 Å². The Hall–Kier alpha value is -3.72. The number of hydrogen-bond donors (Lipinski definition) is 3. The van der Waals surface area contributed by atoms with Crippen molar-refractivity contribution >= 4 is 46.1 Å². The molecule has 0 fully saturated rings. The van der Waals surface area contributed by atoms with Gasteiger partial charge in [0, 0.05) is 36.3 Å². The number of aliphatic imine (C=N–C) groups is 1. The van der Waals surface area contributed by atoms with Gasteiger partial charge in [-0.25, -0.2) is 4.99 Å². The van der Waals surface area contributed by atoms with Crippen LogP contribution in [0, 0.1) is 12.3 Å². The molecule has 2 rings (SSSR count). The zero-order valence-electron chi connectivity index (χ0n) is 22.8. The third kappa shape index (κ3) is 7.88. The SMILES string of the molecule is CCC(=O)Nc1ccc(OC)c(NC(=O)C(=Nc2ccc(N(CC)CCO)cc2C)C(=O)C(C)(C)C)c1. The molecule has 0 unspecified atom stereocenters. The van der Waals surface area contributed by atoms with E-state index in [1.165, 1.54) is 7.11 Å². The summed E-state index contributed by atoms with van der Waals surface area (Å²) in [6.07, 6.45) is 0.304. The van der Waals surface area contributed by atoms with Crippen molar-refractivity contribution in [3.05, 3.63) is 42.0 Å². The molecular weight excluding hydrogens is 472 g/mol. The number of methoxy groups -OCH3 is 1. The van der Waals surface area contributed by atoms with E-state index in [2.05, 4.69) is 15.6 Å². The highest BCUT2D eigenvalue weighted by Crippen LogP contribution is 2.30. The van der Waals surface area contributed by atoms with Gasteiger partial charge in [0.05, 0.1) is 25.1 Å². The van der Waals surface area contributed by atoms with E-state index in [1.54, 1.807) is 52.0 Å². The van der Waals surface area contributed by atoms with E-state index >= 15 is 0 Å². The fourth-order valence-corrected chi connectivity index (χ4v) is 3.55. The molecule has 3 N–H and O–H groups in total. The van der Waals surface area contributed by atoms with Crippen molar-refractivity contribution in [2.45, 2.75) is 48.0 Å². The van der Waals surface area contributed by atoms with Crippen LogP contribution >= 0.6 is 0 Å². The number of ether oxygens (including phenoxy) is 1. The third-order valence-corrected chi connectivity index (χ3v) is 5.69. The van der Waals surface area contributed by atoms with E-state index in [4.69, 9.17) is 4.74 Å². The minimum Gasteiger partial charge on any atom is -0.495 e. The highest BCUT2D eigenvalue weighted by atomic mass is 16.5. The van der Waals surface area contributed by atoms with Crippen LogP contribution in [-0.4, -0.2) is 55.2 Å². The van der Waals surface area contributed by atoms with Crippen molar-refractivity contribution in [1.29, 1.82) is 0 Å². The Bertz CT molecular complexity index is 1170. The standard InChI is InChI=1S/C28H38N4O5/c1-8-24(34)29-19-10-13-23(37-7)22(17-19)31-27(36)25(26(35)28(4,5)6)30-21-12-11-20(16-18(21)3)32(9-2)14-15-33/h10-13,16-17,33H,8-9,14-15H2,1-7H3,(H,29,34)(H,31,36). The van der Waals surface area contributed by atoms with E-state index < -0.39 is 17.1 Å². The van der Waals surface area contributed by atoms with Gasteiger partial charge >= 0.3 is 0 Å². The normalized spacial score (nSPS) is 11.6. The summed E-state index contributed by atoms with van der Waals surface area (Å²) < 4.78 is 5.37. The Kier molecular flexibility index (Phi) is 10.4. The molecule has 0 atom stereocenters. The quantitative estimate of drug-likeness (QED) is 0.302. The first-order valence-corrected chi connectivity index (χ1v) is 12.3. The number of Topliss-reactive ketones (excluding diaryl/α,β-unsaturated/α-hetero) is 1. The maximum atomic E-state index is 13.4. The number of nitrogens with zero attached hydrogens (tertiary/aromatic N) is 2. The lowest BCUT2D eigenvalue weighted by Gasteiger charge is -2.23. The number of carbonyl (C=O) groups excluding carboxylic acids is 3. The van der Waals surface area contributed by atoms with Crippen LogP contribution in [0.2, 0.25) is 0 Å². The summed E-state index contributed by atoms with van der Waals surface area (Å²) in [6, 6.07) is 10.4. The number of nitrogens with one attached hydrogen (secondary N) is 2. The first kappa shape index (κ1) is 29.5. The number of aliphatic hydroxyl groups excluding tert-OH is 1. The number of aliphatic hydroxyl groups is 1. The lowest BCUT2D eigenvalue weighted by Crippen LogP contribution is -2.37. The number of carbonyl (C=O) groups is 3. The van der Waals surface area contributed by atoms with Crippen LogP contribution in [-0.2, 0) is 14.4 Å². The lowest BCUT2D eigenvalue weighted by atomic mass is 9.87. The fraction of sp³-hybridized carbons (Fsp3) is 0.429. The number of aryl methyl sites for hydroxylation is 1. The Labute approximate surface area is 218 Å². The molecule has 2 aromatic carbocycles. The topological polar surface area (TPSA) is 120 Å². The zero-order valence-corrected chi connectivity index (χ0v) is 22.8. The molecule has 0 aliphatic heterocycles. The van der Waals surface area contributed by atoms with Crippen molar-refractivity contribution < 1.29 is 24.2 Å². The molecule has 2 aromatic rings. The molecule has 0 aliphatic carbocycles. The molecule has 37 heavy (non-hydrogen) atoms. The number of rotatable bonds is 11. The zero-order chi connectivity index (χ0) is 27.8. The fourth-order valence-electron chi connectivity index (χ4n) is 3.55. The second-order valence-electron chi connectivity index (χ2n) is 9.58. The van der Waals surface area contributed by atoms with Crippen LogP contribution in [0.15, 0.2) is 41.4 Å². The number of hydrogen-bond acceptors (Lipinski definition) is 7. The van der Waals surface area contributed by atoms with Gasteiger partial charge in [-0.2, -0.15) is 0 Å². The molecule has 0 bridgehead atoms. The Morgan fingerprint density at radius 2 is 1.76 bits per heavy atom. The maximum Gasteiger partial charge on any atom is 0.278 e. The molecule has 0 saturated carbocycles. The molecule has 2 amide bonds. The van der Waals surface area contributed by atoms with Crippen LogP contribution in [0.3, 0.4) is 0 Å². The molecule has 9 heteroatoms. The van der Waals surface area contributed by atoms with Gasteiger partial charge in [0.2, 0.25) is 5.91 Å². The molecule has 200 valence electrons.